The van der Waals surface area contributed by atoms with Crippen LogP contribution in [-0.2, 0) is 0 Å². The molecule has 0 saturated carbocycles. The summed E-state index contributed by atoms with van der Waals surface area (Å²) < 4.78 is 13.2. The molecule has 1 N–H and O–H groups in total. The third-order valence-electron chi connectivity index (χ3n) is 3.00. The molecule has 1 aromatic carbocycles. The van der Waals surface area contributed by atoms with Crippen LogP contribution in [0.3, 0.4) is 0 Å². The Hall–Kier alpha value is -1.26. The van der Waals surface area contributed by atoms with E-state index in [1.807, 2.05) is 25.4 Å². The molecule has 0 amide bonds. The molecule has 0 fully saturated rings. The maximum absolute atomic E-state index is 13.2. The van der Waals surface area contributed by atoms with Gasteiger partial charge in [-0.05, 0) is 43.7 Å². The van der Waals surface area contributed by atoms with Crippen LogP contribution in [0.15, 0.2) is 23.7 Å². The van der Waals surface area contributed by atoms with Crippen LogP contribution in [0.25, 0.3) is 0 Å². The highest BCUT2D eigenvalue weighted by Gasteiger charge is 2.19. The summed E-state index contributed by atoms with van der Waals surface area (Å²) in [6, 6.07) is 5.05. The summed E-state index contributed by atoms with van der Waals surface area (Å²) in [6.45, 7) is 6.88. The minimum absolute atomic E-state index is 0.100. The summed E-state index contributed by atoms with van der Waals surface area (Å²) in [6.07, 6.45) is 0. The van der Waals surface area contributed by atoms with Crippen molar-refractivity contribution in [3.63, 3.8) is 0 Å². The average molecular weight is 264 g/mol. The number of aromatic nitrogens is 1. The maximum Gasteiger partial charge on any atom is 0.123 e. The van der Waals surface area contributed by atoms with Crippen molar-refractivity contribution in [3.8, 4) is 0 Å². The molecule has 96 valence electrons. The van der Waals surface area contributed by atoms with Crippen molar-refractivity contribution in [3.05, 3.63) is 51.2 Å². The number of hydrogen-bond acceptors (Lipinski definition) is 3. The van der Waals surface area contributed by atoms with Crippen LogP contribution in [-0.4, -0.2) is 11.5 Å². The molecule has 0 aliphatic rings. The largest absolute Gasteiger partial charge is 0.306 e. The van der Waals surface area contributed by atoms with Gasteiger partial charge in [0, 0.05) is 4.88 Å². The van der Waals surface area contributed by atoms with Crippen LogP contribution >= 0.6 is 11.3 Å². The van der Waals surface area contributed by atoms with Gasteiger partial charge in [0.25, 0.3) is 0 Å². The first kappa shape index (κ1) is 13.2. The SMILES string of the molecule is CCNC(c1ccc(F)cc1C)c1scnc1C. The second-order valence-electron chi connectivity index (χ2n) is 4.29. The van der Waals surface area contributed by atoms with E-state index in [9.17, 15) is 4.39 Å². The van der Waals surface area contributed by atoms with Crippen LogP contribution < -0.4 is 5.32 Å². The molecule has 1 unspecified atom stereocenters. The molecule has 0 aliphatic heterocycles. The molecule has 0 bridgehead atoms. The quantitative estimate of drug-likeness (QED) is 0.912. The van der Waals surface area contributed by atoms with Gasteiger partial charge in [0.15, 0.2) is 0 Å². The Morgan fingerprint density at radius 1 is 1.39 bits per heavy atom. The molecule has 2 rings (SSSR count). The van der Waals surface area contributed by atoms with Crippen molar-refractivity contribution in [1.29, 1.82) is 0 Å². The molecule has 2 aromatic rings. The van der Waals surface area contributed by atoms with Crippen LogP contribution in [0.2, 0.25) is 0 Å². The van der Waals surface area contributed by atoms with E-state index >= 15 is 0 Å². The Labute approximate surface area is 111 Å². The monoisotopic (exact) mass is 264 g/mol. The first-order valence-electron chi connectivity index (χ1n) is 6.03. The third-order valence-corrected chi connectivity index (χ3v) is 3.99. The fourth-order valence-corrected chi connectivity index (χ4v) is 2.99. The highest BCUT2D eigenvalue weighted by Crippen LogP contribution is 2.30. The topological polar surface area (TPSA) is 24.9 Å². The molecule has 0 saturated heterocycles. The Bertz CT molecular complexity index is 536. The maximum atomic E-state index is 13.2. The molecule has 0 spiro atoms. The number of benzene rings is 1. The second kappa shape index (κ2) is 5.59. The van der Waals surface area contributed by atoms with Gasteiger partial charge in [0.05, 0.1) is 17.2 Å². The molecular formula is C14H17FN2S. The van der Waals surface area contributed by atoms with Gasteiger partial charge in [-0.3, -0.25) is 0 Å². The highest BCUT2D eigenvalue weighted by molar-refractivity contribution is 7.09. The van der Waals surface area contributed by atoms with E-state index in [2.05, 4.69) is 17.2 Å². The molecule has 0 radical (unpaired) electrons. The lowest BCUT2D eigenvalue weighted by Gasteiger charge is -2.19. The zero-order chi connectivity index (χ0) is 13.1. The van der Waals surface area contributed by atoms with E-state index in [1.165, 1.54) is 10.9 Å². The predicted molar refractivity (Wildman–Crippen MR) is 73.5 cm³/mol. The third kappa shape index (κ3) is 2.60. The van der Waals surface area contributed by atoms with Crippen LogP contribution in [0.1, 0.15) is 34.7 Å². The Morgan fingerprint density at radius 2 is 2.17 bits per heavy atom. The van der Waals surface area contributed by atoms with Crippen LogP contribution in [0.4, 0.5) is 4.39 Å². The number of hydrogen-bond donors (Lipinski definition) is 1. The fourth-order valence-electron chi connectivity index (χ4n) is 2.10. The van der Waals surface area contributed by atoms with Gasteiger partial charge in [0.1, 0.15) is 5.82 Å². The molecule has 1 aromatic heterocycles. The molecule has 0 aliphatic carbocycles. The van der Waals surface area contributed by atoms with Crippen molar-refractivity contribution >= 4 is 11.3 Å². The Balaban J connectivity index is 2.45. The first-order valence-corrected chi connectivity index (χ1v) is 6.90. The molecule has 1 atom stereocenters. The highest BCUT2D eigenvalue weighted by atomic mass is 32.1. The van der Waals surface area contributed by atoms with Crippen molar-refractivity contribution in [2.75, 3.05) is 6.54 Å². The lowest BCUT2D eigenvalue weighted by Crippen LogP contribution is -2.22. The van der Waals surface area contributed by atoms with E-state index in [0.717, 1.165) is 23.4 Å². The number of aryl methyl sites for hydroxylation is 2. The van der Waals surface area contributed by atoms with Gasteiger partial charge >= 0.3 is 0 Å². The van der Waals surface area contributed by atoms with Crippen molar-refractivity contribution < 1.29 is 4.39 Å². The lowest BCUT2D eigenvalue weighted by atomic mass is 9.99. The van der Waals surface area contributed by atoms with Gasteiger partial charge in [0.2, 0.25) is 0 Å². The minimum atomic E-state index is -0.187. The van der Waals surface area contributed by atoms with Gasteiger partial charge in [-0.15, -0.1) is 11.3 Å². The summed E-state index contributed by atoms with van der Waals surface area (Å²) >= 11 is 1.64. The lowest BCUT2D eigenvalue weighted by molar-refractivity contribution is 0.612. The summed E-state index contributed by atoms with van der Waals surface area (Å²) in [4.78, 5) is 5.50. The number of nitrogens with one attached hydrogen (secondary N) is 1. The Kier molecular flexibility index (Phi) is 4.09. The zero-order valence-electron chi connectivity index (χ0n) is 10.8. The zero-order valence-corrected chi connectivity index (χ0v) is 11.6. The summed E-state index contributed by atoms with van der Waals surface area (Å²) in [5, 5.41) is 3.45. The van der Waals surface area contributed by atoms with Crippen LogP contribution in [0, 0.1) is 19.7 Å². The van der Waals surface area contributed by atoms with E-state index in [-0.39, 0.29) is 11.9 Å². The van der Waals surface area contributed by atoms with E-state index in [1.54, 1.807) is 17.4 Å². The van der Waals surface area contributed by atoms with Crippen molar-refractivity contribution in [2.24, 2.45) is 0 Å². The summed E-state index contributed by atoms with van der Waals surface area (Å²) in [5.41, 5.74) is 4.97. The van der Waals surface area contributed by atoms with E-state index in [0.29, 0.717) is 0 Å². The number of halogens is 1. The van der Waals surface area contributed by atoms with Crippen LogP contribution in [0.5, 0.6) is 0 Å². The summed E-state index contributed by atoms with van der Waals surface area (Å²) in [7, 11) is 0. The van der Waals surface area contributed by atoms with Crippen molar-refractivity contribution in [2.45, 2.75) is 26.8 Å². The first-order chi connectivity index (χ1) is 8.63. The fraction of sp³-hybridized carbons (Fsp3) is 0.357. The number of nitrogens with zero attached hydrogens (tertiary/aromatic N) is 1. The van der Waals surface area contributed by atoms with Gasteiger partial charge in [-0.1, -0.05) is 13.0 Å². The molecular weight excluding hydrogens is 247 g/mol. The van der Waals surface area contributed by atoms with Gasteiger partial charge in [-0.25, -0.2) is 9.37 Å². The number of rotatable bonds is 4. The van der Waals surface area contributed by atoms with E-state index < -0.39 is 0 Å². The van der Waals surface area contributed by atoms with Gasteiger partial charge < -0.3 is 5.32 Å². The average Bonchev–Trinajstić information content (AvgIpc) is 2.73. The second-order valence-corrected chi connectivity index (χ2v) is 5.18. The number of thiazole rings is 1. The van der Waals surface area contributed by atoms with Gasteiger partial charge in [-0.2, -0.15) is 0 Å². The standard InChI is InChI=1S/C14H17FN2S/c1-4-16-13(14-10(3)17-8-18-14)12-6-5-11(15)7-9(12)2/h5-8,13,16H,4H2,1-3H3. The van der Waals surface area contributed by atoms with Crippen molar-refractivity contribution in [1.82, 2.24) is 10.3 Å². The normalized spacial score (nSPS) is 12.7. The molecule has 2 nitrogen and oxygen atoms in total. The Morgan fingerprint density at radius 3 is 2.72 bits per heavy atom. The molecule has 1 heterocycles. The predicted octanol–water partition coefficient (Wildman–Crippen LogP) is 3.60. The summed E-state index contributed by atoms with van der Waals surface area (Å²) in [5.74, 6) is -0.187. The smallest absolute Gasteiger partial charge is 0.123 e. The molecule has 4 heteroatoms. The molecule has 18 heavy (non-hydrogen) atoms. The minimum Gasteiger partial charge on any atom is -0.306 e. The van der Waals surface area contributed by atoms with E-state index in [4.69, 9.17) is 0 Å².